The Morgan fingerprint density at radius 2 is 1.82 bits per heavy atom. The van der Waals surface area contributed by atoms with Crippen LogP contribution in [-0.2, 0) is 20.9 Å². The number of nitrogens with one attached hydrogen (secondary N) is 2. The summed E-state index contributed by atoms with van der Waals surface area (Å²) in [6.07, 6.45) is -4.58. The van der Waals surface area contributed by atoms with E-state index in [-0.39, 0.29) is 5.69 Å². The second kappa shape index (κ2) is 8.03. The van der Waals surface area contributed by atoms with Gasteiger partial charge in [0.05, 0.1) is 23.7 Å². The lowest BCUT2D eigenvalue weighted by molar-refractivity contribution is -0.137. The number of morpholine rings is 1. The first-order chi connectivity index (χ1) is 13.2. The molecule has 2 heterocycles. The minimum absolute atomic E-state index is 0.0154. The summed E-state index contributed by atoms with van der Waals surface area (Å²) >= 11 is 1.23. The van der Waals surface area contributed by atoms with Gasteiger partial charge in [0.15, 0.2) is 5.13 Å². The van der Waals surface area contributed by atoms with Gasteiger partial charge in [0.25, 0.3) is 15.9 Å². The largest absolute Gasteiger partial charge is 0.416 e. The maximum atomic E-state index is 12.6. The Morgan fingerprint density at radius 1 is 1.18 bits per heavy atom. The zero-order valence-corrected chi connectivity index (χ0v) is 15.8. The van der Waals surface area contributed by atoms with E-state index in [1.54, 1.807) is 0 Å². The van der Waals surface area contributed by atoms with Crippen molar-refractivity contribution in [1.29, 1.82) is 0 Å². The van der Waals surface area contributed by atoms with Crippen molar-refractivity contribution >= 4 is 32.4 Å². The fraction of sp³-hybridized carbons (Fsp3) is 0.333. The number of anilines is 1. The van der Waals surface area contributed by atoms with Crippen molar-refractivity contribution in [3.05, 3.63) is 40.9 Å². The molecule has 3 rings (SSSR count). The van der Waals surface area contributed by atoms with E-state index in [1.165, 1.54) is 16.7 Å². The van der Waals surface area contributed by atoms with Gasteiger partial charge in [0, 0.05) is 18.5 Å². The van der Waals surface area contributed by atoms with Crippen molar-refractivity contribution in [1.82, 2.24) is 15.2 Å². The van der Waals surface area contributed by atoms with E-state index in [9.17, 15) is 26.4 Å². The zero-order valence-electron chi connectivity index (χ0n) is 14.2. The molecule has 1 amide bonds. The average molecular weight is 436 g/mol. The number of hydrogen-bond acceptors (Lipinski definition) is 7. The highest BCUT2D eigenvalue weighted by Gasteiger charge is 2.30. The van der Waals surface area contributed by atoms with Crippen molar-refractivity contribution in [2.45, 2.75) is 11.1 Å². The molecule has 152 valence electrons. The molecule has 1 aliphatic heterocycles. The van der Waals surface area contributed by atoms with Crippen molar-refractivity contribution < 1.29 is 31.1 Å². The number of sulfonamides is 1. The molecular formula is C15H15F3N4O4S2. The molecule has 2 N–H and O–H groups in total. The molecule has 1 aromatic heterocycles. The molecule has 28 heavy (non-hydrogen) atoms. The Balaban J connectivity index is 1.62. The molecule has 0 bridgehead atoms. The minimum Gasteiger partial charge on any atom is -0.378 e. The maximum Gasteiger partial charge on any atom is 0.416 e. The van der Waals surface area contributed by atoms with Gasteiger partial charge in [-0.05, 0) is 24.3 Å². The molecule has 0 unspecified atom stereocenters. The standard InChI is InChI=1S/C15H15F3N4O4S2/c16-15(17,18)10-1-3-11(4-2-10)28(24,25)21-20-13(23)12-9-27-14(19-12)22-5-7-26-8-6-22/h1-4,9,21H,5-8H2,(H,20,23). The second-order valence-corrected chi connectivity index (χ2v) is 8.22. The van der Waals surface area contributed by atoms with Crippen molar-refractivity contribution in [2.75, 3.05) is 31.2 Å². The molecule has 1 saturated heterocycles. The van der Waals surface area contributed by atoms with E-state index in [0.29, 0.717) is 43.6 Å². The number of nitrogens with zero attached hydrogens (tertiary/aromatic N) is 2. The SMILES string of the molecule is O=C(NNS(=O)(=O)c1ccc(C(F)(F)F)cc1)c1csc(N2CCOCC2)n1. The summed E-state index contributed by atoms with van der Waals surface area (Å²) in [5, 5.41) is 2.09. The number of ether oxygens (including phenoxy) is 1. The first-order valence-electron chi connectivity index (χ1n) is 7.94. The quantitative estimate of drug-likeness (QED) is 0.691. The van der Waals surface area contributed by atoms with Crippen LogP contribution in [0.5, 0.6) is 0 Å². The van der Waals surface area contributed by atoms with Gasteiger partial charge in [-0.15, -0.1) is 16.2 Å². The lowest BCUT2D eigenvalue weighted by atomic mass is 10.2. The van der Waals surface area contributed by atoms with Crippen molar-refractivity contribution in [3.8, 4) is 0 Å². The fourth-order valence-electron chi connectivity index (χ4n) is 2.33. The summed E-state index contributed by atoms with van der Waals surface area (Å²) in [5.74, 6) is -0.786. The molecule has 0 saturated carbocycles. The Bertz CT molecular complexity index is 939. The van der Waals surface area contributed by atoms with Gasteiger partial charge < -0.3 is 9.64 Å². The van der Waals surface area contributed by atoms with Gasteiger partial charge in [0.2, 0.25) is 0 Å². The number of carbonyl (C=O) groups is 1. The molecule has 2 aromatic rings. The average Bonchev–Trinajstić information content (AvgIpc) is 3.17. The van der Waals surface area contributed by atoms with Crippen LogP contribution in [-0.4, -0.2) is 45.6 Å². The number of hydrogen-bond donors (Lipinski definition) is 2. The van der Waals surface area contributed by atoms with Crippen LogP contribution in [0.4, 0.5) is 18.3 Å². The van der Waals surface area contributed by atoms with Crippen LogP contribution in [0.2, 0.25) is 0 Å². The lowest BCUT2D eigenvalue weighted by Crippen LogP contribution is -2.41. The third kappa shape index (κ3) is 4.79. The summed E-state index contributed by atoms with van der Waals surface area (Å²) in [4.78, 5) is 19.6. The zero-order chi connectivity index (χ0) is 20.4. The third-order valence-corrected chi connectivity index (χ3v) is 5.96. The minimum atomic E-state index is -4.58. The topological polar surface area (TPSA) is 101 Å². The van der Waals surface area contributed by atoms with Gasteiger partial charge >= 0.3 is 6.18 Å². The van der Waals surface area contributed by atoms with Crippen LogP contribution < -0.4 is 15.2 Å². The molecule has 0 spiro atoms. The first kappa shape index (κ1) is 20.5. The maximum absolute atomic E-state index is 12.6. The number of carbonyl (C=O) groups excluding carboxylic acids is 1. The Kier molecular flexibility index (Phi) is 5.88. The van der Waals surface area contributed by atoms with Crippen LogP contribution in [0.1, 0.15) is 16.1 Å². The highest BCUT2D eigenvalue weighted by molar-refractivity contribution is 7.89. The van der Waals surface area contributed by atoms with E-state index in [1.807, 2.05) is 15.2 Å². The van der Waals surface area contributed by atoms with Gasteiger partial charge in [-0.3, -0.25) is 10.2 Å². The molecule has 1 aliphatic rings. The molecule has 0 radical (unpaired) electrons. The first-order valence-corrected chi connectivity index (χ1v) is 10.3. The molecule has 1 fully saturated rings. The Morgan fingerprint density at radius 3 is 2.43 bits per heavy atom. The van der Waals surface area contributed by atoms with Crippen LogP contribution >= 0.6 is 11.3 Å². The lowest BCUT2D eigenvalue weighted by Gasteiger charge is -2.25. The summed E-state index contributed by atoms with van der Waals surface area (Å²) < 4.78 is 67.2. The van der Waals surface area contributed by atoms with E-state index >= 15 is 0 Å². The van der Waals surface area contributed by atoms with E-state index < -0.39 is 32.6 Å². The summed E-state index contributed by atoms with van der Waals surface area (Å²) in [6.45, 7) is 2.37. The van der Waals surface area contributed by atoms with Crippen LogP contribution in [0.25, 0.3) is 0 Å². The van der Waals surface area contributed by atoms with E-state index in [2.05, 4.69) is 4.98 Å². The fourth-order valence-corrected chi connectivity index (χ4v) is 4.03. The van der Waals surface area contributed by atoms with Gasteiger partial charge in [-0.2, -0.15) is 13.2 Å². The Labute approximate surface area is 162 Å². The Hall–Kier alpha value is -2.22. The van der Waals surface area contributed by atoms with Crippen LogP contribution in [0.15, 0.2) is 34.5 Å². The number of rotatable bonds is 5. The van der Waals surface area contributed by atoms with Gasteiger partial charge in [-0.1, -0.05) is 0 Å². The number of amides is 1. The monoisotopic (exact) mass is 436 g/mol. The molecular weight excluding hydrogens is 421 g/mol. The third-order valence-electron chi connectivity index (χ3n) is 3.80. The van der Waals surface area contributed by atoms with Crippen molar-refractivity contribution in [3.63, 3.8) is 0 Å². The predicted molar refractivity (Wildman–Crippen MR) is 94.4 cm³/mol. The highest BCUT2D eigenvalue weighted by atomic mass is 32.2. The van der Waals surface area contributed by atoms with E-state index in [4.69, 9.17) is 4.74 Å². The summed E-state index contributed by atoms with van der Waals surface area (Å²) in [6, 6.07) is 2.89. The van der Waals surface area contributed by atoms with E-state index in [0.717, 1.165) is 12.1 Å². The molecule has 8 nitrogen and oxygen atoms in total. The van der Waals surface area contributed by atoms with Crippen molar-refractivity contribution in [2.24, 2.45) is 0 Å². The highest BCUT2D eigenvalue weighted by Crippen LogP contribution is 2.29. The van der Waals surface area contributed by atoms with Crippen LogP contribution in [0.3, 0.4) is 0 Å². The molecule has 1 aromatic carbocycles. The second-order valence-electron chi connectivity index (χ2n) is 5.70. The number of halogens is 3. The van der Waals surface area contributed by atoms with Gasteiger partial charge in [-0.25, -0.2) is 13.4 Å². The smallest absolute Gasteiger partial charge is 0.378 e. The summed E-state index contributed by atoms with van der Waals surface area (Å²) in [5.41, 5.74) is 1.04. The van der Waals surface area contributed by atoms with Gasteiger partial charge in [0.1, 0.15) is 5.69 Å². The normalized spacial score (nSPS) is 15.5. The molecule has 0 atom stereocenters. The number of thiazole rings is 1. The number of aromatic nitrogens is 1. The number of hydrazine groups is 1. The molecule has 13 heteroatoms. The summed E-state index contributed by atoms with van der Waals surface area (Å²) in [7, 11) is -4.24. The van der Waals surface area contributed by atoms with Crippen LogP contribution in [0, 0.1) is 0 Å². The molecule has 0 aliphatic carbocycles. The predicted octanol–water partition coefficient (Wildman–Crippen LogP) is 1.62. The number of benzene rings is 1. The number of alkyl halides is 3.